The number of ether oxygens (including phenoxy) is 1. The summed E-state index contributed by atoms with van der Waals surface area (Å²) in [5.74, 6) is 0.516. The van der Waals surface area contributed by atoms with E-state index >= 15 is 0 Å². The van der Waals surface area contributed by atoms with Gasteiger partial charge in [-0.3, -0.25) is 19.7 Å². The molecule has 0 fully saturated rings. The van der Waals surface area contributed by atoms with E-state index in [0.29, 0.717) is 23.8 Å². The minimum atomic E-state index is -0.219. The van der Waals surface area contributed by atoms with Crippen LogP contribution in [0.2, 0.25) is 0 Å². The molecule has 0 spiro atoms. The average molecular weight is 365 g/mol. The van der Waals surface area contributed by atoms with Crippen molar-refractivity contribution in [3.63, 3.8) is 0 Å². The van der Waals surface area contributed by atoms with E-state index in [1.54, 1.807) is 19.5 Å². The Bertz CT molecular complexity index is 953. The Kier molecular flexibility index (Phi) is 6.05. The van der Waals surface area contributed by atoms with Gasteiger partial charge in [0.05, 0.1) is 18.0 Å². The molecule has 7 nitrogen and oxygen atoms in total. The molecule has 0 saturated carbocycles. The first-order valence-electron chi connectivity index (χ1n) is 8.73. The number of hydrogen-bond acceptors (Lipinski definition) is 6. The van der Waals surface area contributed by atoms with Gasteiger partial charge >= 0.3 is 0 Å². The molecule has 0 aliphatic heterocycles. The van der Waals surface area contributed by atoms with Crippen LogP contribution in [0.15, 0.2) is 47.5 Å². The number of rotatable bonds is 7. The van der Waals surface area contributed by atoms with Crippen molar-refractivity contribution in [2.75, 3.05) is 27.3 Å². The van der Waals surface area contributed by atoms with Crippen molar-refractivity contribution in [2.24, 2.45) is 0 Å². The summed E-state index contributed by atoms with van der Waals surface area (Å²) in [5, 5.41) is 0. The van der Waals surface area contributed by atoms with E-state index in [-0.39, 0.29) is 5.56 Å². The van der Waals surface area contributed by atoms with Gasteiger partial charge in [0.15, 0.2) is 0 Å². The van der Waals surface area contributed by atoms with Crippen LogP contribution >= 0.6 is 0 Å². The van der Waals surface area contributed by atoms with Crippen molar-refractivity contribution in [1.82, 2.24) is 24.8 Å². The number of methoxy groups -OCH3 is 1. The summed E-state index contributed by atoms with van der Waals surface area (Å²) >= 11 is 0. The summed E-state index contributed by atoms with van der Waals surface area (Å²) in [6.45, 7) is 4.24. The SMILES string of the molecule is COCCN(C)Cc1ccc(-c2nc(-c3nccnc3C)cc(=O)[nH]2)cc1. The minimum Gasteiger partial charge on any atom is -0.383 e. The van der Waals surface area contributed by atoms with Gasteiger partial charge in [0.1, 0.15) is 11.5 Å². The zero-order chi connectivity index (χ0) is 19.2. The van der Waals surface area contributed by atoms with E-state index in [9.17, 15) is 4.79 Å². The Hall–Kier alpha value is -2.90. The summed E-state index contributed by atoms with van der Waals surface area (Å²) in [6.07, 6.45) is 3.22. The monoisotopic (exact) mass is 365 g/mol. The third-order valence-electron chi connectivity index (χ3n) is 4.22. The minimum absolute atomic E-state index is 0.219. The van der Waals surface area contributed by atoms with Gasteiger partial charge in [-0.25, -0.2) is 4.98 Å². The molecular weight excluding hydrogens is 342 g/mol. The number of hydrogen-bond donors (Lipinski definition) is 1. The third-order valence-corrected chi connectivity index (χ3v) is 4.22. The number of aromatic nitrogens is 4. The van der Waals surface area contributed by atoms with Gasteiger partial charge in [0.25, 0.3) is 5.56 Å². The number of likely N-dealkylation sites (N-methyl/N-ethyl adjacent to an activating group) is 1. The molecule has 0 amide bonds. The standard InChI is InChI=1S/C20H23N5O2/c1-14-19(22-9-8-21-14)17-12-18(26)24-20(23-17)16-6-4-15(5-7-16)13-25(2)10-11-27-3/h4-9,12H,10-11,13H2,1-3H3,(H,23,24,26). The number of nitrogens with zero attached hydrogens (tertiary/aromatic N) is 4. The molecular formula is C20H23N5O2. The molecule has 0 saturated heterocycles. The van der Waals surface area contributed by atoms with Crippen molar-refractivity contribution >= 4 is 0 Å². The highest BCUT2D eigenvalue weighted by Crippen LogP contribution is 2.20. The zero-order valence-corrected chi connectivity index (χ0v) is 15.8. The maximum absolute atomic E-state index is 12.1. The molecule has 0 aliphatic rings. The number of aryl methyl sites for hydroxylation is 1. The van der Waals surface area contributed by atoms with Gasteiger partial charge in [-0.1, -0.05) is 24.3 Å². The van der Waals surface area contributed by atoms with Gasteiger partial charge in [-0.2, -0.15) is 0 Å². The van der Waals surface area contributed by atoms with Crippen LogP contribution < -0.4 is 5.56 Å². The van der Waals surface area contributed by atoms with Crippen LogP contribution in [0.5, 0.6) is 0 Å². The van der Waals surface area contributed by atoms with E-state index < -0.39 is 0 Å². The zero-order valence-electron chi connectivity index (χ0n) is 15.8. The Morgan fingerprint density at radius 1 is 1.15 bits per heavy atom. The molecule has 1 aromatic carbocycles. The van der Waals surface area contributed by atoms with E-state index in [4.69, 9.17) is 4.74 Å². The lowest BCUT2D eigenvalue weighted by atomic mass is 10.1. The van der Waals surface area contributed by atoms with Crippen LogP contribution in [0.3, 0.4) is 0 Å². The highest BCUT2D eigenvalue weighted by molar-refractivity contribution is 5.62. The van der Waals surface area contributed by atoms with Crippen molar-refractivity contribution in [3.8, 4) is 22.8 Å². The highest BCUT2D eigenvalue weighted by atomic mass is 16.5. The fourth-order valence-corrected chi connectivity index (χ4v) is 2.78. The summed E-state index contributed by atoms with van der Waals surface area (Å²) in [7, 11) is 3.76. The molecule has 0 radical (unpaired) electrons. The smallest absolute Gasteiger partial charge is 0.251 e. The second-order valence-electron chi connectivity index (χ2n) is 6.40. The molecule has 0 unspecified atom stereocenters. The topological polar surface area (TPSA) is 84.0 Å². The summed E-state index contributed by atoms with van der Waals surface area (Å²) < 4.78 is 5.10. The number of H-pyrrole nitrogens is 1. The summed E-state index contributed by atoms with van der Waals surface area (Å²) in [5.41, 5.74) is 3.67. The molecule has 140 valence electrons. The first-order chi connectivity index (χ1) is 13.1. The fraction of sp³-hybridized carbons (Fsp3) is 0.300. The Morgan fingerprint density at radius 2 is 1.89 bits per heavy atom. The quantitative estimate of drug-likeness (QED) is 0.691. The molecule has 3 aromatic rings. The van der Waals surface area contributed by atoms with Crippen LogP contribution in [0, 0.1) is 6.92 Å². The van der Waals surface area contributed by atoms with Crippen molar-refractivity contribution in [2.45, 2.75) is 13.5 Å². The normalized spacial score (nSPS) is 11.1. The van der Waals surface area contributed by atoms with Crippen LogP contribution in [-0.4, -0.2) is 52.1 Å². The molecule has 2 aromatic heterocycles. The second-order valence-corrected chi connectivity index (χ2v) is 6.40. The lowest BCUT2D eigenvalue weighted by Gasteiger charge is -2.16. The lowest BCUT2D eigenvalue weighted by Crippen LogP contribution is -2.22. The van der Waals surface area contributed by atoms with E-state index in [1.165, 1.54) is 11.6 Å². The van der Waals surface area contributed by atoms with Gasteiger partial charge in [-0.05, 0) is 19.5 Å². The molecule has 2 heterocycles. The Balaban J connectivity index is 1.84. The van der Waals surface area contributed by atoms with Gasteiger partial charge in [-0.15, -0.1) is 0 Å². The largest absolute Gasteiger partial charge is 0.383 e. The molecule has 0 atom stereocenters. The first-order valence-corrected chi connectivity index (χ1v) is 8.73. The lowest BCUT2D eigenvalue weighted by molar-refractivity contribution is 0.158. The van der Waals surface area contributed by atoms with Crippen molar-refractivity contribution in [1.29, 1.82) is 0 Å². The van der Waals surface area contributed by atoms with E-state index in [1.807, 2.05) is 31.2 Å². The number of benzene rings is 1. The maximum Gasteiger partial charge on any atom is 0.251 e. The van der Waals surface area contributed by atoms with E-state index in [2.05, 4.69) is 31.9 Å². The summed E-state index contributed by atoms with van der Waals surface area (Å²) in [4.78, 5) is 30.2. The number of aromatic amines is 1. The van der Waals surface area contributed by atoms with Gasteiger partial charge in [0, 0.05) is 44.2 Å². The predicted molar refractivity (Wildman–Crippen MR) is 104 cm³/mol. The van der Waals surface area contributed by atoms with Gasteiger partial charge < -0.3 is 9.72 Å². The maximum atomic E-state index is 12.1. The first kappa shape index (κ1) is 18.9. The molecule has 1 N–H and O–H groups in total. The fourth-order valence-electron chi connectivity index (χ4n) is 2.78. The number of nitrogens with one attached hydrogen (secondary N) is 1. The van der Waals surface area contributed by atoms with E-state index in [0.717, 1.165) is 24.3 Å². The molecule has 0 bridgehead atoms. The third kappa shape index (κ3) is 4.84. The Morgan fingerprint density at radius 3 is 2.59 bits per heavy atom. The van der Waals surface area contributed by atoms with Crippen LogP contribution in [0.25, 0.3) is 22.8 Å². The van der Waals surface area contributed by atoms with Crippen LogP contribution in [0.1, 0.15) is 11.3 Å². The van der Waals surface area contributed by atoms with Crippen molar-refractivity contribution in [3.05, 3.63) is 64.3 Å². The van der Waals surface area contributed by atoms with Crippen molar-refractivity contribution < 1.29 is 4.74 Å². The molecule has 7 heteroatoms. The molecule has 3 rings (SSSR count). The highest BCUT2D eigenvalue weighted by Gasteiger charge is 2.10. The molecule has 27 heavy (non-hydrogen) atoms. The molecule has 0 aliphatic carbocycles. The second kappa shape index (κ2) is 8.66. The van der Waals surface area contributed by atoms with Crippen LogP contribution in [-0.2, 0) is 11.3 Å². The summed E-state index contributed by atoms with van der Waals surface area (Å²) in [6, 6.07) is 9.45. The van der Waals surface area contributed by atoms with Crippen LogP contribution in [0.4, 0.5) is 0 Å². The average Bonchev–Trinajstić information content (AvgIpc) is 2.67. The van der Waals surface area contributed by atoms with Gasteiger partial charge in [0.2, 0.25) is 0 Å². The Labute approximate surface area is 158 Å². The predicted octanol–water partition coefficient (Wildman–Crippen LogP) is 2.28.